The van der Waals surface area contributed by atoms with Crippen LogP contribution < -0.4 is 4.74 Å². The third-order valence-corrected chi connectivity index (χ3v) is 4.75. The van der Waals surface area contributed by atoms with Gasteiger partial charge >= 0.3 is 0 Å². The third kappa shape index (κ3) is 5.06. The number of phenols is 1. The third-order valence-electron chi connectivity index (χ3n) is 3.88. The minimum atomic E-state index is -4.62. The zero-order valence-corrected chi connectivity index (χ0v) is 15.3. The number of unbranched alkanes of at least 4 members (excludes halogenated alkanes) is 3. The lowest BCUT2D eigenvalue weighted by molar-refractivity contribution is 0.103. The maximum absolute atomic E-state index is 12.5. The monoisotopic (exact) mass is 378 g/mol. The van der Waals surface area contributed by atoms with Gasteiger partial charge in [-0.15, -0.1) is 0 Å². The predicted molar refractivity (Wildman–Crippen MR) is 97.4 cm³/mol. The molecular formula is C19H22O6S. The summed E-state index contributed by atoms with van der Waals surface area (Å²) in [4.78, 5) is 12.0. The van der Waals surface area contributed by atoms with Crippen LogP contribution in [0.1, 0.15) is 48.5 Å². The molecule has 0 aliphatic heterocycles. The van der Waals surface area contributed by atoms with E-state index >= 15 is 0 Å². The van der Waals surface area contributed by atoms with Gasteiger partial charge in [0.05, 0.1) is 12.2 Å². The van der Waals surface area contributed by atoms with Gasteiger partial charge in [0.2, 0.25) is 0 Å². The first-order valence-corrected chi connectivity index (χ1v) is 9.85. The molecule has 2 aromatic carbocycles. The van der Waals surface area contributed by atoms with Crippen molar-refractivity contribution in [2.75, 3.05) is 6.61 Å². The first kappa shape index (κ1) is 19.9. The van der Waals surface area contributed by atoms with Crippen molar-refractivity contribution in [2.24, 2.45) is 0 Å². The highest BCUT2D eigenvalue weighted by Gasteiger charge is 2.23. The Bertz CT molecular complexity index is 859. The Morgan fingerprint density at radius 2 is 1.77 bits per heavy atom. The average Bonchev–Trinajstić information content (AvgIpc) is 2.61. The smallest absolute Gasteiger partial charge is 0.298 e. The van der Waals surface area contributed by atoms with Crippen LogP contribution in [-0.2, 0) is 10.1 Å². The van der Waals surface area contributed by atoms with Gasteiger partial charge in [0, 0.05) is 11.6 Å². The van der Waals surface area contributed by atoms with E-state index in [-0.39, 0.29) is 23.5 Å². The molecule has 6 nitrogen and oxygen atoms in total. The van der Waals surface area contributed by atoms with E-state index in [1.54, 1.807) is 30.3 Å². The van der Waals surface area contributed by atoms with Crippen LogP contribution in [0.4, 0.5) is 0 Å². The quantitative estimate of drug-likeness (QED) is 0.391. The number of benzene rings is 2. The van der Waals surface area contributed by atoms with E-state index < -0.39 is 26.5 Å². The molecule has 0 fully saturated rings. The second kappa shape index (κ2) is 8.82. The van der Waals surface area contributed by atoms with Gasteiger partial charge in [0.25, 0.3) is 10.1 Å². The molecule has 26 heavy (non-hydrogen) atoms. The van der Waals surface area contributed by atoms with Crippen LogP contribution in [-0.4, -0.2) is 30.5 Å². The number of hydrogen-bond donors (Lipinski definition) is 2. The Kier molecular flexibility index (Phi) is 6.76. The molecule has 2 N–H and O–H groups in total. The molecule has 0 saturated heterocycles. The summed E-state index contributed by atoms with van der Waals surface area (Å²) in [5.41, 5.74) is 0.0690. The van der Waals surface area contributed by atoms with Gasteiger partial charge in [0.15, 0.2) is 5.78 Å². The maximum atomic E-state index is 12.5. The molecule has 0 aliphatic rings. The minimum Gasteiger partial charge on any atom is -0.507 e. The number of rotatable bonds is 9. The van der Waals surface area contributed by atoms with Gasteiger partial charge in [-0.2, -0.15) is 8.42 Å². The molecule has 2 aromatic rings. The zero-order chi connectivity index (χ0) is 19.2. The largest absolute Gasteiger partial charge is 0.507 e. The Morgan fingerprint density at radius 1 is 1.08 bits per heavy atom. The Morgan fingerprint density at radius 3 is 2.38 bits per heavy atom. The molecule has 0 atom stereocenters. The van der Waals surface area contributed by atoms with Crippen LogP contribution in [0.5, 0.6) is 11.5 Å². The number of aromatic hydroxyl groups is 1. The molecule has 0 spiro atoms. The van der Waals surface area contributed by atoms with Gasteiger partial charge in [-0.3, -0.25) is 9.35 Å². The van der Waals surface area contributed by atoms with E-state index in [4.69, 9.17) is 4.74 Å². The van der Waals surface area contributed by atoms with Gasteiger partial charge in [-0.05, 0) is 12.5 Å². The normalized spacial score (nSPS) is 11.3. The molecule has 0 radical (unpaired) electrons. The predicted octanol–water partition coefficient (Wildman–Crippen LogP) is 3.83. The first-order valence-electron chi connectivity index (χ1n) is 8.41. The van der Waals surface area contributed by atoms with E-state index in [1.807, 2.05) is 0 Å². The van der Waals surface area contributed by atoms with Gasteiger partial charge in [-0.1, -0.05) is 56.5 Å². The van der Waals surface area contributed by atoms with Gasteiger partial charge in [0.1, 0.15) is 16.4 Å². The van der Waals surface area contributed by atoms with E-state index in [1.165, 1.54) is 0 Å². The number of carbonyl (C=O) groups is 1. The van der Waals surface area contributed by atoms with Crippen LogP contribution in [0.15, 0.2) is 47.4 Å². The second-order valence-corrected chi connectivity index (χ2v) is 7.29. The number of carbonyl (C=O) groups excluding carboxylic acids is 1. The molecular weight excluding hydrogens is 356 g/mol. The summed E-state index contributed by atoms with van der Waals surface area (Å²) in [7, 11) is -4.62. The lowest BCUT2D eigenvalue weighted by Crippen LogP contribution is -2.09. The van der Waals surface area contributed by atoms with Crippen LogP contribution in [0, 0.1) is 0 Å². The highest BCUT2D eigenvalue weighted by molar-refractivity contribution is 7.86. The van der Waals surface area contributed by atoms with Crippen LogP contribution >= 0.6 is 0 Å². The fourth-order valence-corrected chi connectivity index (χ4v) is 3.14. The average molecular weight is 378 g/mol. The molecule has 0 unspecified atom stereocenters. The zero-order valence-electron chi connectivity index (χ0n) is 14.5. The number of ether oxygens (including phenoxy) is 1. The van der Waals surface area contributed by atoms with Crippen molar-refractivity contribution < 1.29 is 27.6 Å². The van der Waals surface area contributed by atoms with Crippen LogP contribution in [0.3, 0.4) is 0 Å². The topological polar surface area (TPSA) is 101 Å². The maximum Gasteiger partial charge on any atom is 0.298 e. The van der Waals surface area contributed by atoms with Crippen molar-refractivity contribution in [3.05, 3.63) is 53.6 Å². The summed E-state index contributed by atoms with van der Waals surface area (Å²) in [6.45, 7) is 2.31. The van der Waals surface area contributed by atoms with Crippen molar-refractivity contribution in [3.63, 3.8) is 0 Å². The first-order chi connectivity index (χ1) is 12.3. The Labute approximate surface area is 153 Å². The summed E-state index contributed by atoms with van der Waals surface area (Å²) in [6, 6.07) is 10.1. The highest BCUT2D eigenvalue weighted by Crippen LogP contribution is 2.33. The summed E-state index contributed by atoms with van der Waals surface area (Å²) in [5.74, 6) is -1.14. The van der Waals surface area contributed by atoms with Crippen molar-refractivity contribution in [2.45, 2.75) is 37.5 Å². The number of hydrogen-bond acceptors (Lipinski definition) is 5. The SMILES string of the molecule is CCCCCCOc1cc(O)c(C(=O)c2ccccc2)cc1S(=O)(=O)O. The summed E-state index contributed by atoms with van der Waals surface area (Å²) in [6.07, 6.45) is 3.72. The molecule has 7 heteroatoms. The standard InChI is InChI=1S/C19H22O6S/c1-2-3-4-8-11-25-17-13-16(20)15(12-18(17)26(22,23)24)19(21)14-9-6-5-7-10-14/h5-7,9-10,12-13,20H,2-4,8,11H2,1H3,(H,22,23,24). The van der Waals surface area contributed by atoms with Crippen molar-refractivity contribution in [3.8, 4) is 11.5 Å². The van der Waals surface area contributed by atoms with E-state index in [9.17, 15) is 22.9 Å². The van der Waals surface area contributed by atoms with Gasteiger partial charge < -0.3 is 9.84 Å². The Balaban J connectivity index is 2.34. The highest BCUT2D eigenvalue weighted by atomic mass is 32.2. The summed E-state index contributed by atoms with van der Waals surface area (Å²) in [5, 5.41) is 10.2. The minimum absolute atomic E-state index is 0.175. The van der Waals surface area contributed by atoms with E-state index in [0.29, 0.717) is 6.42 Å². The van der Waals surface area contributed by atoms with E-state index in [2.05, 4.69) is 6.92 Å². The summed E-state index contributed by atoms with van der Waals surface area (Å²) >= 11 is 0. The van der Waals surface area contributed by atoms with Crippen molar-refractivity contribution in [1.29, 1.82) is 0 Å². The summed E-state index contributed by atoms with van der Waals surface area (Å²) < 4.78 is 38.3. The molecule has 2 rings (SSSR count). The van der Waals surface area contributed by atoms with Crippen molar-refractivity contribution in [1.82, 2.24) is 0 Å². The number of phenolic OH excluding ortho intramolecular Hbond substituents is 1. The lowest BCUT2D eigenvalue weighted by atomic mass is 10.0. The molecule has 140 valence electrons. The molecule has 0 saturated carbocycles. The molecule has 0 aromatic heterocycles. The van der Waals surface area contributed by atoms with E-state index in [0.717, 1.165) is 31.4 Å². The Hall–Kier alpha value is -2.38. The second-order valence-electron chi connectivity index (χ2n) is 5.90. The molecule has 0 heterocycles. The van der Waals surface area contributed by atoms with Crippen molar-refractivity contribution >= 4 is 15.9 Å². The fourth-order valence-electron chi connectivity index (χ4n) is 2.50. The van der Waals surface area contributed by atoms with Crippen LogP contribution in [0.2, 0.25) is 0 Å². The lowest BCUT2D eigenvalue weighted by Gasteiger charge is -2.13. The van der Waals surface area contributed by atoms with Gasteiger partial charge in [-0.25, -0.2) is 0 Å². The molecule has 0 amide bonds. The van der Waals surface area contributed by atoms with Crippen LogP contribution in [0.25, 0.3) is 0 Å². The molecule has 0 aliphatic carbocycles. The molecule has 0 bridgehead atoms. The number of ketones is 1. The fraction of sp³-hybridized carbons (Fsp3) is 0.316.